The molecule has 1 saturated heterocycles. The molecule has 2 aromatic rings. The van der Waals surface area contributed by atoms with Crippen molar-refractivity contribution in [2.24, 2.45) is 0 Å². The maximum absolute atomic E-state index is 12.4. The summed E-state index contributed by atoms with van der Waals surface area (Å²) in [6.07, 6.45) is 2.72. The first kappa shape index (κ1) is 14.0. The molecule has 5 nitrogen and oxygen atoms in total. The zero-order chi connectivity index (χ0) is 14.7. The van der Waals surface area contributed by atoms with E-state index in [2.05, 4.69) is 9.97 Å². The van der Waals surface area contributed by atoms with E-state index in [4.69, 9.17) is 16.3 Å². The molecular weight excluding hydrogens is 290 g/mol. The molecule has 0 radical (unpaired) electrons. The number of hydrogen-bond donors (Lipinski definition) is 0. The van der Waals surface area contributed by atoms with Gasteiger partial charge in [-0.1, -0.05) is 41.9 Å². The van der Waals surface area contributed by atoms with Crippen LogP contribution in [0.5, 0.6) is 0 Å². The first-order chi connectivity index (χ1) is 10.2. The number of benzene rings is 1. The minimum Gasteiger partial charge on any atom is -0.370 e. The van der Waals surface area contributed by atoms with Gasteiger partial charge in [0.15, 0.2) is 0 Å². The predicted molar refractivity (Wildman–Crippen MR) is 78.1 cm³/mol. The summed E-state index contributed by atoms with van der Waals surface area (Å²) in [5.74, 6) is -0.172. The molecule has 0 saturated carbocycles. The molecule has 1 amide bonds. The van der Waals surface area contributed by atoms with Crippen molar-refractivity contribution in [3.05, 3.63) is 59.1 Å². The summed E-state index contributed by atoms with van der Waals surface area (Å²) in [5, 5.41) is 0.216. The summed E-state index contributed by atoms with van der Waals surface area (Å²) in [7, 11) is 0. The fourth-order valence-corrected chi connectivity index (χ4v) is 2.46. The summed E-state index contributed by atoms with van der Waals surface area (Å²) in [6.45, 7) is 1.53. The third kappa shape index (κ3) is 3.20. The van der Waals surface area contributed by atoms with Gasteiger partial charge in [-0.15, -0.1) is 0 Å². The van der Waals surface area contributed by atoms with E-state index < -0.39 is 0 Å². The molecule has 1 aromatic carbocycles. The Morgan fingerprint density at radius 1 is 1.29 bits per heavy atom. The first-order valence-electron chi connectivity index (χ1n) is 6.67. The lowest BCUT2D eigenvalue weighted by atomic mass is 10.1. The second kappa shape index (κ2) is 6.20. The number of hydrogen-bond acceptors (Lipinski definition) is 4. The molecule has 1 aliphatic heterocycles. The Bertz CT molecular complexity index is 636. The monoisotopic (exact) mass is 303 g/mol. The normalized spacial score (nSPS) is 18.5. The van der Waals surface area contributed by atoms with Crippen LogP contribution >= 0.6 is 11.6 Å². The first-order valence-corrected chi connectivity index (χ1v) is 7.05. The van der Waals surface area contributed by atoms with E-state index in [1.54, 1.807) is 4.90 Å². The van der Waals surface area contributed by atoms with Crippen molar-refractivity contribution in [2.45, 2.75) is 6.10 Å². The number of nitrogens with zero attached hydrogens (tertiary/aromatic N) is 3. The third-order valence-electron chi connectivity index (χ3n) is 3.35. The van der Waals surface area contributed by atoms with Crippen molar-refractivity contribution in [3.63, 3.8) is 0 Å². The fraction of sp³-hybridized carbons (Fsp3) is 0.267. The topological polar surface area (TPSA) is 55.3 Å². The van der Waals surface area contributed by atoms with Crippen LogP contribution in [0.2, 0.25) is 5.15 Å². The molecule has 3 rings (SSSR count). The highest BCUT2D eigenvalue weighted by Gasteiger charge is 2.26. The SMILES string of the molecule is O=C(c1cncc(Cl)n1)N1CCOC(c2ccccc2)C1. The molecule has 0 bridgehead atoms. The smallest absolute Gasteiger partial charge is 0.274 e. The van der Waals surface area contributed by atoms with Crippen LogP contribution in [0.25, 0.3) is 0 Å². The van der Waals surface area contributed by atoms with Crippen LogP contribution in [0.1, 0.15) is 22.2 Å². The number of halogens is 1. The van der Waals surface area contributed by atoms with Gasteiger partial charge in [-0.25, -0.2) is 4.98 Å². The highest BCUT2D eigenvalue weighted by Crippen LogP contribution is 2.22. The lowest BCUT2D eigenvalue weighted by molar-refractivity contribution is -0.0230. The van der Waals surface area contributed by atoms with E-state index in [0.29, 0.717) is 19.7 Å². The quantitative estimate of drug-likeness (QED) is 0.854. The summed E-state index contributed by atoms with van der Waals surface area (Å²) in [4.78, 5) is 22.1. The van der Waals surface area contributed by atoms with E-state index in [-0.39, 0.29) is 22.9 Å². The summed E-state index contributed by atoms with van der Waals surface area (Å²) in [5.41, 5.74) is 1.32. The maximum atomic E-state index is 12.4. The molecule has 1 aromatic heterocycles. The average Bonchev–Trinajstić information content (AvgIpc) is 2.55. The number of aromatic nitrogens is 2. The van der Waals surface area contributed by atoms with Crippen LogP contribution < -0.4 is 0 Å². The molecular formula is C15H14ClN3O2. The van der Waals surface area contributed by atoms with Gasteiger partial charge in [0.05, 0.1) is 25.5 Å². The van der Waals surface area contributed by atoms with Gasteiger partial charge in [-0.05, 0) is 5.56 Å². The Morgan fingerprint density at radius 2 is 2.10 bits per heavy atom. The van der Waals surface area contributed by atoms with E-state index in [9.17, 15) is 4.79 Å². The standard InChI is InChI=1S/C15H14ClN3O2/c16-14-9-17-8-12(18-14)15(20)19-6-7-21-13(10-19)11-4-2-1-3-5-11/h1-5,8-9,13H,6-7,10H2. The highest BCUT2D eigenvalue weighted by atomic mass is 35.5. The van der Waals surface area contributed by atoms with Gasteiger partial charge in [0.25, 0.3) is 5.91 Å². The van der Waals surface area contributed by atoms with Crippen molar-refractivity contribution in [1.82, 2.24) is 14.9 Å². The summed E-state index contributed by atoms with van der Waals surface area (Å²) >= 11 is 5.78. The van der Waals surface area contributed by atoms with Gasteiger partial charge in [0, 0.05) is 6.54 Å². The van der Waals surface area contributed by atoms with Gasteiger partial charge in [-0.3, -0.25) is 9.78 Å². The highest BCUT2D eigenvalue weighted by molar-refractivity contribution is 6.29. The predicted octanol–water partition coefficient (Wildman–Crippen LogP) is 2.34. The van der Waals surface area contributed by atoms with E-state index in [0.717, 1.165) is 5.56 Å². The Kier molecular flexibility index (Phi) is 4.13. The molecule has 1 aliphatic rings. The van der Waals surface area contributed by atoms with Crippen LogP contribution in [-0.4, -0.2) is 40.5 Å². The van der Waals surface area contributed by atoms with Crippen LogP contribution in [0.3, 0.4) is 0 Å². The molecule has 6 heteroatoms. The van der Waals surface area contributed by atoms with Crippen molar-refractivity contribution in [2.75, 3.05) is 19.7 Å². The van der Waals surface area contributed by atoms with E-state index >= 15 is 0 Å². The molecule has 1 fully saturated rings. The van der Waals surface area contributed by atoms with Crippen molar-refractivity contribution >= 4 is 17.5 Å². The van der Waals surface area contributed by atoms with Gasteiger partial charge < -0.3 is 9.64 Å². The molecule has 21 heavy (non-hydrogen) atoms. The molecule has 0 aliphatic carbocycles. The van der Waals surface area contributed by atoms with Crippen molar-refractivity contribution < 1.29 is 9.53 Å². The van der Waals surface area contributed by atoms with Gasteiger partial charge in [0.1, 0.15) is 17.0 Å². The minimum absolute atomic E-state index is 0.115. The molecule has 2 heterocycles. The molecule has 108 valence electrons. The molecule has 0 N–H and O–H groups in total. The van der Waals surface area contributed by atoms with Crippen LogP contribution in [0.15, 0.2) is 42.7 Å². The Labute approximate surface area is 127 Å². The fourth-order valence-electron chi connectivity index (χ4n) is 2.31. The largest absolute Gasteiger partial charge is 0.370 e. The molecule has 0 spiro atoms. The van der Waals surface area contributed by atoms with E-state index in [1.807, 2.05) is 30.3 Å². The third-order valence-corrected chi connectivity index (χ3v) is 3.53. The molecule has 1 unspecified atom stereocenters. The van der Waals surface area contributed by atoms with Crippen molar-refractivity contribution in [1.29, 1.82) is 0 Å². The summed E-state index contributed by atoms with van der Waals surface area (Å²) < 4.78 is 5.75. The number of carbonyl (C=O) groups is 1. The van der Waals surface area contributed by atoms with E-state index in [1.165, 1.54) is 12.4 Å². The van der Waals surface area contributed by atoms with Gasteiger partial charge >= 0.3 is 0 Å². The number of amides is 1. The molecule has 1 atom stereocenters. The minimum atomic E-state index is -0.172. The second-order valence-corrected chi connectivity index (χ2v) is 5.14. The summed E-state index contributed by atoms with van der Waals surface area (Å²) in [6, 6.07) is 9.87. The Balaban J connectivity index is 1.75. The second-order valence-electron chi connectivity index (χ2n) is 4.75. The van der Waals surface area contributed by atoms with Crippen LogP contribution in [-0.2, 0) is 4.74 Å². The average molecular weight is 304 g/mol. The zero-order valence-corrected chi connectivity index (χ0v) is 12.0. The maximum Gasteiger partial charge on any atom is 0.274 e. The lowest BCUT2D eigenvalue weighted by Crippen LogP contribution is -2.42. The van der Waals surface area contributed by atoms with Gasteiger partial charge in [-0.2, -0.15) is 0 Å². The number of morpholine rings is 1. The van der Waals surface area contributed by atoms with Crippen molar-refractivity contribution in [3.8, 4) is 0 Å². The lowest BCUT2D eigenvalue weighted by Gasteiger charge is -2.33. The van der Waals surface area contributed by atoms with Gasteiger partial charge in [0.2, 0.25) is 0 Å². The number of carbonyl (C=O) groups excluding carboxylic acids is 1. The Hall–Kier alpha value is -1.98. The number of ether oxygens (including phenoxy) is 1. The van der Waals surface area contributed by atoms with Crippen LogP contribution in [0.4, 0.5) is 0 Å². The van der Waals surface area contributed by atoms with Crippen LogP contribution in [0, 0.1) is 0 Å². The zero-order valence-electron chi connectivity index (χ0n) is 11.3. The Morgan fingerprint density at radius 3 is 2.86 bits per heavy atom. The number of rotatable bonds is 2.